The van der Waals surface area contributed by atoms with Gasteiger partial charge in [-0.3, -0.25) is 4.79 Å². The Morgan fingerprint density at radius 2 is 2.12 bits per heavy atom. The molecule has 1 aromatic rings. The van der Waals surface area contributed by atoms with Crippen LogP contribution < -0.4 is 0 Å². The number of carboxylic acid groups (broad SMARTS) is 1. The van der Waals surface area contributed by atoms with Crippen LogP contribution in [0.5, 0.6) is 0 Å². The lowest BCUT2D eigenvalue weighted by atomic mass is 9.97. The third-order valence-corrected chi connectivity index (χ3v) is 5.11. The molecule has 0 aliphatic heterocycles. The molecule has 2 nitrogen and oxygen atoms in total. The van der Waals surface area contributed by atoms with Gasteiger partial charge < -0.3 is 5.11 Å². The molecule has 0 bridgehead atoms. The van der Waals surface area contributed by atoms with E-state index in [1.165, 1.54) is 23.9 Å². The molecular weight excluding hydrogens is 239 g/mol. The van der Waals surface area contributed by atoms with Crippen molar-refractivity contribution in [3.63, 3.8) is 0 Å². The first-order valence-electron chi connectivity index (χ1n) is 5.72. The molecule has 1 aliphatic carbocycles. The monoisotopic (exact) mass is 254 g/mol. The van der Waals surface area contributed by atoms with Gasteiger partial charge in [0, 0.05) is 4.90 Å². The van der Waals surface area contributed by atoms with Gasteiger partial charge in [-0.05, 0) is 43.0 Å². The zero-order valence-corrected chi connectivity index (χ0v) is 10.5. The Morgan fingerprint density at radius 3 is 2.59 bits per heavy atom. The van der Waals surface area contributed by atoms with Gasteiger partial charge in [0.1, 0.15) is 10.6 Å². The lowest BCUT2D eigenvalue weighted by Gasteiger charge is -2.28. The maximum atomic E-state index is 12.8. The molecule has 2 atom stereocenters. The average molecular weight is 254 g/mol. The van der Waals surface area contributed by atoms with Crippen molar-refractivity contribution in [3.05, 3.63) is 30.1 Å². The fourth-order valence-corrected chi connectivity index (χ4v) is 3.72. The second-order valence-corrected chi connectivity index (χ2v) is 5.95. The Hall–Kier alpha value is -1.03. The predicted octanol–water partition coefficient (Wildman–Crippen LogP) is 3.56. The van der Waals surface area contributed by atoms with E-state index in [-0.39, 0.29) is 11.7 Å². The molecular formula is C13H15FO2S. The van der Waals surface area contributed by atoms with Gasteiger partial charge in [-0.1, -0.05) is 13.3 Å². The molecule has 0 aromatic heterocycles. The van der Waals surface area contributed by atoms with Crippen molar-refractivity contribution in [2.45, 2.75) is 35.8 Å². The Morgan fingerprint density at radius 1 is 1.47 bits per heavy atom. The minimum atomic E-state index is -0.753. The molecule has 1 fully saturated rings. The van der Waals surface area contributed by atoms with Crippen LogP contribution in [0, 0.1) is 11.7 Å². The van der Waals surface area contributed by atoms with E-state index in [1.807, 2.05) is 6.92 Å². The van der Waals surface area contributed by atoms with Crippen LogP contribution in [0.15, 0.2) is 29.2 Å². The topological polar surface area (TPSA) is 37.3 Å². The largest absolute Gasteiger partial charge is 0.480 e. The molecule has 0 heterocycles. The molecule has 4 heteroatoms. The molecule has 92 valence electrons. The number of hydrogen-bond acceptors (Lipinski definition) is 2. The van der Waals surface area contributed by atoms with Gasteiger partial charge in [0.15, 0.2) is 0 Å². The summed E-state index contributed by atoms with van der Waals surface area (Å²) in [6.45, 7) is 1.98. The SMILES string of the molecule is CC1CCCC1(Sc1ccc(F)cc1)C(=O)O. The van der Waals surface area contributed by atoms with Gasteiger partial charge in [0.05, 0.1) is 0 Å². The number of hydrogen-bond donors (Lipinski definition) is 1. The van der Waals surface area contributed by atoms with Crippen LogP contribution in [-0.4, -0.2) is 15.8 Å². The van der Waals surface area contributed by atoms with Gasteiger partial charge in [-0.2, -0.15) is 0 Å². The number of rotatable bonds is 3. The summed E-state index contributed by atoms with van der Waals surface area (Å²) < 4.78 is 12.1. The van der Waals surface area contributed by atoms with Crippen molar-refractivity contribution in [1.29, 1.82) is 0 Å². The number of halogens is 1. The average Bonchev–Trinajstić information content (AvgIpc) is 2.65. The van der Waals surface area contributed by atoms with E-state index < -0.39 is 10.7 Å². The van der Waals surface area contributed by atoms with Gasteiger partial charge in [-0.25, -0.2) is 4.39 Å². The predicted molar refractivity (Wildman–Crippen MR) is 65.6 cm³/mol. The van der Waals surface area contributed by atoms with E-state index in [2.05, 4.69) is 0 Å². The van der Waals surface area contributed by atoms with Crippen LogP contribution in [0.25, 0.3) is 0 Å². The second-order valence-electron chi connectivity index (χ2n) is 4.54. The third kappa shape index (κ3) is 2.32. The summed E-state index contributed by atoms with van der Waals surface area (Å²) in [5, 5.41) is 9.46. The number of benzene rings is 1. The van der Waals surface area contributed by atoms with Crippen molar-refractivity contribution in [1.82, 2.24) is 0 Å². The van der Waals surface area contributed by atoms with Gasteiger partial charge in [0.2, 0.25) is 0 Å². The number of thioether (sulfide) groups is 1. The summed E-state index contributed by atoms with van der Waals surface area (Å²) in [7, 11) is 0. The fraction of sp³-hybridized carbons (Fsp3) is 0.462. The normalized spacial score (nSPS) is 28.2. The standard InChI is InChI=1S/C13H15FO2S/c1-9-3-2-8-13(9,12(15)16)17-11-6-4-10(14)5-7-11/h4-7,9H,2-3,8H2,1H3,(H,15,16). The highest BCUT2D eigenvalue weighted by molar-refractivity contribution is 8.01. The number of aliphatic carboxylic acids is 1. The number of carbonyl (C=O) groups is 1. The Balaban J connectivity index is 2.24. The Bertz CT molecular complexity index is 418. The van der Waals surface area contributed by atoms with Crippen molar-refractivity contribution in [2.24, 2.45) is 5.92 Å². The van der Waals surface area contributed by atoms with Crippen LogP contribution in [-0.2, 0) is 4.79 Å². The van der Waals surface area contributed by atoms with E-state index in [9.17, 15) is 14.3 Å². The fourth-order valence-electron chi connectivity index (χ4n) is 2.38. The molecule has 1 saturated carbocycles. The van der Waals surface area contributed by atoms with E-state index in [1.54, 1.807) is 12.1 Å². The molecule has 0 radical (unpaired) electrons. The highest BCUT2D eigenvalue weighted by Crippen LogP contribution is 2.49. The molecule has 2 unspecified atom stereocenters. The highest BCUT2D eigenvalue weighted by Gasteiger charge is 2.47. The summed E-state index contributed by atoms with van der Waals surface area (Å²) >= 11 is 1.36. The Labute approximate surface area is 104 Å². The quantitative estimate of drug-likeness (QED) is 0.896. The molecule has 1 aromatic carbocycles. The number of carboxylic acids is 1. The summed E-state index contributed by atoms with van der Waals surface area (Å²) in [6.07, 6.45) is 2.58. The maximum absolute atomic E-state index is 12.8. The minimum Gasteiger partial charge on any atom is -0.480 e. The highest BCUT2D eigenvalue weighted by atomic mass is 32.2. The molecule has 2 rings (SSSR count). The summed E-state index contributed by atoms with van der Waals surface area (Å²) in [6, 6.07) is 6.04. The van der Waals surface area contributed by atoms with Gasteiger partial charge >= 0.3 is 5.97 Å². The first kappa shape index (κ1) is 12.4. The lowest BCUT2D eigenvalue weighted by molar-refractivity contribution is -0.140. The summed E-state index contributed by atoms with van der Waals surface area (Å²) in [4.78, 5) is 12.3. The van der Waals surface area contributed by atoms with Gasteiger partial charge in [-0.15, -0.1) is 11.8 Å². The van der Waals surface area contributed by atoms with Crippen molar-refractivity contribution >= 4 is 17.7 Å². The zero-order chi connectivity index (χ0) is 12.5. The summed E-state index contributed by atoms with van der Waals surface area (Å²) in [5.74, 6) is -0.898. The van der Waals surface area contributed by atoms with Crippen LogP contribution in [0.1, 0.15) is 26.2 Å². The van der Waals surface area contributed by atoms with Crippen molar-refractivity contribution in [2.75, 3.05) is 0 Å². The second kappa shape index (κ2) is 4.69. The van der Waals surface area contributed by atoms with Gasteiger partial charge in [0.25, 0.3) is 0 Å². The van der Waals surface area contributed by atoms with E-state index in [0.717, 1.165) is 17.7 Å². The van der Waals surface area contributed by atoms with Crippen molar-refractivity contribution in [3.8, 4) is 0 Å². The third-order valence-electron chi connectivity index (χ3n) is 3.46. The molecule has 0 spiro atoms. The van der Waals surface area contributed by atoms with Crippen LogP contribution in [0.3, 0.4) is 0 Å². The molecule has 0 saturated heterocycles. The van der Waals surface area contributed by atoms with Crippen LogP contribution in [0.2, 0.25) is 0 Å². The molecule has 17 heavy (non-hydrogen) atoms. The molecule has 0 amide bonds. The van der Waals surface area contributed by atoms with Crippen molar-refractivity contribution < 1.29 is 14.3 Å². The minimum absolute atomic E-state index is 0.148. The first-order chi connectivity index (χ1) is 8.04. The van der Waals surface area contributed by atoms with E-state index >= 15 is 0 Å². The lowest BCUT2D eigenvalue weighted by Crippen LogP contribution is -2.37. The van der Waals surface area contributed by atoms with Crippen LogP contribution in [0.4, 0.5) is 4.39 Å². The Kier molecular flexibility index (Phi) is 3.43. The van der Waals surface area contributed by atoms with Crippen LogP contribution >= 0.6 is 11.8 Å². The van der Waals surface area contributed by atoms with E-state index in [4.69, 9.17) is 0 Å². The maximum Gasteiger partial charge on any atom is 0.320 e. The molecule has 1 N–H and O–H groups in total. The molecule has 1 aliphatic rings. The summed E-state index contributed by atoms with van der Waals surface area (Å²) in [5.41, 5.74) is 0. The zero-order valence-electron chi connectivity index (χ0n) is 9.65. The van der Waals surface area contributed by atoms with E-state index in [0.29, 0.717) is 6.42 Å². The smallest absolute Gasteiger partial charge is 0.320 e. The first-order valence-corrected chi connectivity index (χ1v) is 6.54.